The van der Waals surface area contributed by atoms with Gasteiger partial charge in [0.15, 0.2) is 0 Å². The minimum atomic E-state index is -0.517. The molecule has 0 aromatic carbocycles. The highest BCUT2D eigenvalue weighted by Crippen LogP contribution is 2.21. The van der Waals surface area contributed by atoms with Gasteiger partial charge in [-0.1, -0.05) is 12.1 Å². The molecule has 2 aromatic heterocycles. The van der Waals surface area contributed by atoms with Gasteiger partial charge in [-0.3, -0.25) is 9.78 Å². The molecule has 1 fully saturated rings. The fourth-order valence-electron chi connectivity index (χ4n) is 3.00. The second kappa shape index (κ2) is 8.70. The van der Waals surface area contributed by atoms with E-state index in [4.69, 9.17) is 4.84 Å². The molecule has 6 nitrogen and oxygen atoms in total. The topological polar surface area (TPSA) is 76.5 Å². The van der Waals surface area contributed by atoms with E-state index in [-0.39, 0.29) is 17.2 Å². The van der Waals surface area contributed by atoms with Crippen molar-refractivity contribution in [3.05, 3.63) is 53.2 Å². The number of pyridine rings is 2. The van der Waals surface area contributed by atoms with Crippen molar-refractivity contribution in [2.45, 2.75) is 52.1 Å². The molecule has 2 aromatic rings. The van der Waals surface area contributed by atoms with Crippen molar-refractivity contribution in [2.24, 2.45) is 5.16 Å². The minimum Gasteiger partial charge on any atom is -0.392 e. The Balaban J connectivity index is 1.67. The molecule has 0 atom stereocenters. The SMILES string of the molecule is CC/C(=N\OC1CCCC1)c1ccc(NC(=O)c2cncc(F)c2C)nc1. The van der Waals surface area contributed by atoms with E-state index in [1.54, 1.807) is 12.3 Å². The van der Waals surface area contributed by atoms with Gasteiger partial charge in [0, 0.05) is 23.5 Å². The summed E-state index contributed by atoms with van der Waals surface area (Å²) in [4.78, 5) is 25.9. The summed E-state index contributed by atoms with van der Waals surface area (Å²) in [5.41, 5.74) is 2.10. The van der Waals surface area contributed by atoms with E-state index in [9.17, 15) is 9.18 Å². The molecule has 0 spiro atoms. The first-order chi connectivity index (χ1) is 13.1. The van der Waals surface area contributed by atoms with Gasteiger partial charge in [0.2, 0.25) is 0 Å². The number of rotatable bonds is 6. The van der Waals surface area contributed by atoms with Gasteiger partial charge in [-0.05, 0) is 51.2 Å². The summed E-state index contributed by atoms with van der Waals surface area (Å²) in [6.07, 6.45) is 9.48. The molecule has 1 aliphatic rings. The monoisotopic (exact) mass is 370 g/mol. The molecule has 0 unspecified atom stereocenters. The Hall–Kier alpha value is -2.83. The molecule has 7 heteroatoms. The van der Waals surface area contributed by atoms with Crippen LogP contribution in [0, 0.1) is 12.7 Å². The number of anilines is 1. The fourth-order valence-corrected chi connectivity index (χ4v) is 3.00. The first kappa shape index (κ1) is 18.9. The maximum Gasteiger partial charge on any atom is 0.258 e. The van der Waals surface area contributed by atoms with Crippen molar-refractivity contribution in [3.63, 3.8) is 0 Å². The predicted octanol–water partition coefficient (Wildman–Crippen LogP) is 4.25. The lowest BCUT2D eigenvalue weighted by Crippen LogP contribution is -2.15. The molecule has 0 radical (unpaired) electrons. The number of halogens is 1. The number of carbonyl (C=O) groups is 1. The zero-order valence-electron chi connectivity index (χ0n) is 15.5. The molecular formula is C20H23FN4O2. The third kappa shape index (κ3) is 4.67. The molecule has 1 aliphatic carbocycles. The molecule has 142 valence electrons. The van der Waals surface area contributed by atoms with E-state index < -0.39 is 11.7 Å². The average molecular weight is 370 g/mol. The number of carbonyl (C=O) groups excluding carboxylic acids is 1. The summed E-state index contributed by atoms with van der Waals surface area (Å²) >= 11 is 0. The van der Waals surface area contributed by atoms with Gasteiger partial charge in [0.1, 0.15) is 17.7 Å². The standard InChI is InChI=1S/C20H23FN4O2/c1-3-18(25-27-15-6-4-5-7-15)14-8-9-19(23-10-14)24-20(26)16-11-22-12-17(21)13(16)2/h8-12,15H,3-7H2,1-2H3,(H,23,24,26)/b25-18+. The van der Waals surface area contributed by atoms with Crippen molar-refractivity contribution in [1.82, 2.24) is 9.97 Å². The quantitative estimate of drug-likeness (QED) is 0.609. The second-order valence-electron chi connectivity index (χ2n) is 6.58. The van der Waals surface area contributed by atoms with Crippen LogP contribution in [0.5, 0.6) is 0 Å². The van der Waals surface area contributed by atoms with Gasteiger partial charge >= 0.3 is 0 Å². The second-order valence-corrected chi connectivity index (χ2v) is 6.58. The van der Waals surface area contributed by atoms with Crippen LogP contribution in [0.4, 0.5) is 10.2 Å². The summed E-state index contributed by atoms with van der Waals surface area (Å²) in [5, 5.41) is 6.95. The van der Waals surface area contributed by atoms with Crippen molar-refractivity contribution in [2.75, 3.05) is 5.32 Å². The molecule has 0 saturated heterocycles. The molecular weight excluding hydrogens is 347 g/mol. The van der Waals surface area contributed by atoms with Crippen LogP contribution in [0.15, 0.2) is 35.9 Å². The van der Waals surface area contributed by atoms with Crippen LogP contribution in [0.1, 0.15) is 60.5 Å². The lowest BCUT2D eigenvalue weighted by atomic mass is 10.1. The maximum absolute atomic E-state index is 13.6. The first-order valence-electron chi connectivity index (χ1n) is 9.19. The van der Waals surface area contributed by atoms with Gasteiger partial charge in [-0.15, -0.1) is 0 Å². The summed E-state index contributed by atoms with van der Waals surface area (Å²) in [6, 6.07) is 3.52. The third-order valence-electron chi connectivity index (χ3n) is 4.69. The van der Waals surface area contributed by atoms with Crippen LogP contribution in [0.2, 0.25) is 0 Å². The summed E-state index contributed by atoms with van der Waals surface area (Å²) < 4.78 is 13.6. The normalized spacial score (nSPS) is 15.0. The third-order valence-corrected chi connectivity index (χ3v) is 4.69. The molecule has 27 heavy (non-hydrogen) atoms. The molecule has 3 rings (SSSR count). The minimum absolute atomic E-state index is 0.182. The first-order valence-corrected chi connectivity index (χ1v) is 9.19. The van der Waals surface area contributed by atoms with E-state index in [2.05, 4.69) is 20.4 Å². The molecule has 0 bridgehead atoms. The zero-order chi connectivity index (χ0) is 19.2. The highest BCUT2D eigenvalue weighted by Gasteiger charge is 2.17. The van der Waals surface area contributed by atoms with Crippen molar-refractivity contribution in [1.29, 1.82) is 0 Å². The molecule has 2 heterocycles. The van der Waals surface area contributed by atoms with Gasteiger partial charge in [0.25, 0.3) is 5.91 Å². The summed E-state index contributed by atoms with van der Waals surface area (Å²) in [5.74, 6) is -0.592. The highest BCUT2D eigenvalue weighted by atomic mass is 19.1. The van der Waals surface area contributed by atoms with Crippen molar-refractivity contribution < 1.29 is 14.0 Å². The van der Waals surface area contributed by atoms with Gasteiger partial charge in [-0.2, -0.15) is 0 Å². The number of oxime groups is 1. The van der Waals surface area contributed by atoms with Crippen LogP contribution in [0.25, 0.3) is 0 Å². The number of hydrogen-bond donors (Lipinski definition) is 1. The van der Waals surface area contributed by atoms with E-state index in [1.807, 2.05) is 13.0 Å². The summed E-state index contributed by atoms with van der Waals surface area (Å²) in [7, 11) is 0. The molecule has 1 amide bonds. The van der Waals surface area contributed by atoms with Crippen LogP contribution < -0.4 is 5.32 Å². The zero-order valence-corrected chi connectivity index (χ0v) is 15.5. The van der Waals surface area contributed by atoms with Gasteiger partial charge in [-0.25, -0.2) is 9.37 Å². The highest BCUT2D eigenvalue weighted by molar-refractivity contribution is 6.05. The number of hydrogen-bond acceptors (Lipinski definition) is 5. The summed E-state index contributed by atoms with van der Waals surface area (Å²) in [6.45, 7) is 3.54. The Labute approximate surface area is 157 Å². The number of aromatic nitrogens is 2. The number of amides is 1. The predicted molar refractivity (Wildman–Crippen MR) is 101 cm³/mol. The Morgan fingerprint density at radius 3 is 2.74 bits per heavy atom. The van der Waals surface area contributed by atoms with E-state index in [0.29, 0.717) is 12.2 Å². The Kier molecular flexibility index (Phi) is 6.11. The number of nitrogens with zero attached hydrogens (tertiary/aromatic N) is 3. The molecule has 0 aliphatic heterocycles. The Morgan fingerprint density at radius 2 is 2.07 bits per heavy atom. The molecule has 1 saturated carbocycles. The average Bonchev–Trinajstić information content (AvgIpc) is 3.19. The number of nitrogens with one attached hydrogen (secondary N) is 1. The lowest BCUT2D eigenvalue weighted by Gasteiger charge is -2.10. The van der Waals surface area contributed by atoms with Crippen LogP contribution in [-0.4, -0.2) is 27.7 Å². The van der Waals surface area contributed by atoms with Crippen LogP contribution >= 0.6 is 0 Å². The molecule has 1 N–H and O–H groups in total. The van der Waals surface area contributed by atoms with E-state index in [0.717, 1.165) is 30.3 Å². The van der Waals surface area contributed by atoms with Gasteiger partial charge < -0.3 is 10.2 Å². The smallest absolute Gasteiger partial charge is 0.258 e. The van der Waals surface area contributed by atoms with Crippen LogP contribution in [0.3, 0.4) is 0 Å². The van der Waals surface area contributed by atoms with Gasteiger partial charge in [0.05, 0.1) is 17.5 Å². The maximum atomic E-state index is 13.6. The fraction of sp³-hybridized carbons (Fsp3) is 0.400. The largest absolute Gasteiger partial charge is 0.392 e. The van der Waals surface area contributed by atoms with Crippen LogP contribution in [-0.2, 0) is 4.84 Å². The lowest BCUT2D eigenvalue weighted by molar-refractivity contribution is 0.0642. The van der Waals surface area contributed by atoms with E-state index in [1.165, 1.54) is 26.0 Å². The Bertz CT molecular complexity index is 830. The van der Waals surface area contributed by atoms with Crippen molar-refractivity contribution in [3.8, 4) is 0 Å². The van der Waals surface area contributed by atoms with E-state index >= 15 is 0 Å². The van der Waals surface area contributed by atoms with Crippen molar-refractivity contribution >= 4 is 17.4 Å². The Morgan fingerprint density at radius 1 is 1.30 bits per heavy atom.